The Labute approximate surface area is 162 Å². The first-order chi connectivity index (χ1) is 12.7. The van der Waals surface area contributed by atoms with Gasteiger partial charge in [-0.25, -0.2) is 18.5 Å². The Kier molecular flexibility index (Phi) is 5.32. The molecular formula is C19H21N3O3S2. The Bertz CT molecular complexity index is 1120. The first kappa shape index (κ1) is 19.5. The number of primary sulfonamides is 1. The standard InChI is InChI=1S/C19H21N3O3S2/c1-11-10-12(2)22-19-16(11)13(3)17(26-19)18(23)21-9-8-14-4-6-15(7-5-14)27(20,24)25/h4-7,10H,8-9H2,1-3H3,(H,21,23)(H2,20,24,25). The highest BCUT2D eigenvalue weighted by atomic mass is 32.2. The number of carbonyl (C=O) groups excluding carboxylic acids is 1. The molecule has 6 nitrogen and oxygen atoms in total. The summed E-state index contributed by atoms with van der Waals surface area (Å²) in [5.74, 6) is -0.117. The van der Waals surface area contributed by atoms with Crippen LogP contribution in [-0.2, 0) is 16.4 Å². The molecule has 0 saturated carbocycles. The van der Waals surface area contributed by atoms with Gasteiger partial charge in [-0.2, -0.15) is 0 Å². The molecule has 0 atom stereocenters. The number of nitrogens with zero attached hydrogens (tertiary/aromatic N) is 1. The van der Waals surface area contributed by atoms with Gasteiger partial charge in [0, 0.05) is 17.6 Å². The molecule has 3 rings (SSSR count). The average Bonchev–Trinajstić information content (AvgIpc) is 2.91. The number of pyridine rings is 1. The number of benzene rings is 1. The molecule has 2 aromatic heterocycles. The first-order valence-corrected chi connectivity index (χ1v) is 10.8. The van der Waals surface area contributed by atoms with Gasteiger partial charge in [0.05, 0.1) is 9.77 Å². The number of thiophene rings is 1. The Balaban J connectivity index is 1.69. The zero-order chi connectivity index (χ0) is 19.8. The highest BCUT2D eigenvalue weighted by Crippen LogP contribution is 2.32. The predicted octanol–water partition coefficient (Wildman–Crippen LogP) is 2.84. The van der Waals surface area contributed by atoms with Gasteiger partial charge in [0.1, 0.15) is 4.83 Å². The van der Waals surface area contributed by atoms with Gasteiger partial charge < -0.3 is 5.32 Å². The number of nitrogens with two attached hydrogens (primary N) is 1. The summed E-state index contributed by atoms with van der Waals surface area (Å²) in [7, 11) is -3.69. The summed E-state index contributed by atoms with van der Waals surface area (Å²) in [5, 5.41) is 9.07. The molecule has 1 amide bonds. The SMILES string of the molecule is Cc1cc(C)c2c(C)c(C(=O)NCCc3ccc(S(N)(=O)=O)cc3)sc2n1. The van der Waals surface area contributed by atoms with Crippen molar-refractivity contribution in [3.05, 3.63) is 57.6 Å². The lowest BCUT2D eigenvalue weighted by atomic mass is 10.1. The van der Waals surface area contributed by atoms with Crippen molar-refractivity contribution in [3.8, 4) is 0 Å². The van der Waals surface area contributed by atoms with Gasteiger partial charge in [-0.15, -0.1) is 11.3 Å². The Morgan fingerprint density at radius 3 is 2.48 bits per heavy atom. The third-order valence-corrected chi connectivity index (χ3v) is 6.50. The fourth-order valence-electron chi connectivity index (χ4n) is 3.08. The lowest BCUT2D eigenvalue weighted by molar-refractivity contribution is 0.0957. The lowest BCUT2D eigenvalue weighted by Crippen LogP contribution is -2.25. The topological polar surface area (TPSA) is 102 Å². The van der Waals surface area contributed by atoms with Crippen LogP contribution in [0.1, 0.15) is 32.1 Å². The van der Waals surface area contributed by atoms with Crippen molar-refractivity contribution in [2.75, 3.05) is 6.54 Å². The summed E-state index contributed by atoms with van der Waals surface area (Å²) >= 11 is 1.41. The fourth-order valence-corrected chi connectivity index (χ4v) is 4.82. The van der Waals surface area contributed by atoms with Crippen LogP contribution in [0.15, 0.2) is 35.2 Å². The van der Waals surface area contributed by atoms with Crippen LogP contribution in [0.25, 0.3) is 10.2 Å². The Hall–Kier alpha value is -2.29. The molecule has 1 aromatic carbocycles. The van der Waals surface area contributed by atoms with E-state index >= 15 is 0 Å². The van der Waals surface area contributed by atoms with Crippen LogP contribution in [-0.4, -0.2) is 25.9 Å². The van der Waals surface area contributed by atoms with Crippen molar-refractivity contribution < 1.29 is 13.2 Å². The van der Waals surface area contributed by atoms with E-state index in [-0.39, 0.29) is 10.8 Å². The molecule has 2 heterocycles. The average molecular weight is 404 g/mol. The van der Waals surface area contributed by atoms with E-state index in [0.717, 1.165) is 32.6 Å². The Morgan fingerprint density at radius 1 is 1.19 bits per heavy atom. The van der Waals surface area contributed by atoms with E-state index in [9.17, 15) is 13.2 Å². The monoisotopic (exact) mass is 403 g/mol. The quantitative estimate of drug-likeness (QED) is 0.684. The number of sulfonamides is 1. The first-order valence-electron chi connectivity index (χ1n) is 8.44. The van der Waals surface area contributed by atoms with Crippen LogP contribution in [0.4, 0.5) is 0 Å². The number of hydrogen-bond donors (Lipinski definition) is 2. The minimum absolute atomic E-state index is 0.0781. The maximum atomic E-state index is 12.6. The minimum Gasteiger partial charge on any atom is -0.351 e. The van der Waals surface area contributed by atoms with Crippen LogP contribution in [0, 0.1) is 20.8 Å². The summed E-state index contributed by atoms with van der Waals surface area (Å²) in [6.45, 7) is 6.38. The van der Waals surface area contributed by atoms with Crippen molar-refractivity contribution in [2.24, 2.45) is 5.14 Å². The van der Waals surface area contributed by atoms with Crippen LogP contribution in [0.5, 0.6) is 0 Å². The van der Waals surface area contributed by atoms with Crippen LogP contribution in [0.3, 0.4) is 0 Å². The zero-order valence-electron chi connectivity index (χ0n) is 15.4. The second-order valence-electron chi connectivity index (χ2n) is 6.51. The van der Waals surface area contributed by atoms with Crippen molar-refractivity contribution in [1.29, 1.82) is 0 Å². The smallest absolute Gasteiger partial charge is 0.261 e. The van der Waals surface area contributed by atoms with Crippen LogP contribution >= 0.6 is 11.3 Å². The summed E-state index contributed by atoms with van der Waals surface area (Å²) in [4.78, 5) is 18.8. The van der Waals surface area contributed by atoms with Crippen molar-refractivity contribution in [2.45, 2.75) is 32.1 Å². The third kappa shape index (κ3) is 4.18. The second kappa shape index (κ2) is 7.38. The van der Waals surface area contributed by atoms with E-state index in [0.29, 0.717) is 17.8 Å². The van der Waals surface area contributed by atoms with E-state index in [4.69, 9.17) is 5.14 Å². The number of nitrogens with one attached hydrogen (secondary N) is 1. The normalized spacial score (nSPS) is 11.7. The number of fused-ring (bicyclic) bond motifs is 1. The molecule has 0 saturated heterocycles. The van der Waals surface area contributed by atoms with Gasteiger partial charge in [0.25, 0.3) is 5.91 Å². The minimum atomic E-state index is -3.69. The highest BCUT2D eigenvalue weighted by Gasteiger charge is 2.17. The van der Waals surface area contributed by atoms with E-state index in [1.54, 1.807) is 12.1 Å². The van der Waals surface area contributed by atoms with Gasteiger partial charge in [-0.3, -0.25) is 4.79 Å². The molecule has 0 radical (unpaired) electrons. The number of aromatic nitrogens is 1. The second-order valence-corrected chi connectivity index (χ2v) is 9.07. The summed E-state index contributed by atoms with van der Waals surface area (Å²) in [6, 6.07) is 8.37. The molecule has 3 aromatic rings. The number of aryl methyl sites for hydroxylation is 3. The molecule has 0 aliphatic carbocycles. The summed E-state index contributed by atoms with van der Waals surface area (Å²) < 4.78 is 22.5. The molecule has 3 N–H and O–H groups in total. The largest absolute Gasteiger partial charge is 0.351 e. The molecule has 0 spiro atoms. The molecular weight excluding hydrogens is 382 g/mol. The van der Waals surface area contributed by atoms with E-state index < -0.39 is 10.0 Å². The molecule has 142 valence electrons. The maximum absolute atomic E-state index is 12.6. The molecule has 0 bridgehead atoms. The van der Waals surface area contributed by atoms with Crippen molar-refractivity contribution >= 4 is 37.5 Å². The zero-order valence-corrected chi connectivity index (χ0v) is 17.0. The third-order valence-electron chi connectivity index (χ3n) is 4.38. The van der Waals surface area contributed by atoms with Crippen molar-refractivity contribution in [1.82, 2.24) is 10.3 Å². The fraction of sp³-hybridized carbons (Fsp3) is 0.263. The molecule has 0 fully saturated rings. The lowest BCUT2D eigenvalue weighted by Gasteiger charge is -2.06. The number of carbonyl (C=O) groups is 1. The van der Waals surface area contributed by atoms with E-state index in [1.165, 1.54) is 23.5 Å². The molecule has 8 heteroatoms. The molecule has 27 heavy (non-hydrogen) atoms. The molecule has 0 aliphatic rings. The number of rotatable bonds is 5. The molecule has 0 aliphatic heterocycles. The Morgan fingerprint density at radius 2 is 1.85 bits per heavy atom. The van der Waals surface area contributed by atoms with Crippen LogP contribution < -0.4 is 10.5 Å². The van der Waals surface area contributed by atoms with Crippen LogP contribution in [0.2, 0.25) is 0 Å². The van der Waals surface area contributed by atoms with E-state index in [1.807, 2.05) is 26.8 Å². The maximum Gasteiger partial charge on any atom is 0.261 e. The predicted molar refractivity (Wildman–Crippen MR) is 108 cm³/mol. The van der Waals surface area contributed by atoms with Gasteiger partial charge in [-0.05, 0) is 62.1 Å². The summed E-state index contributed by atoms with van der Waals surface area (Å²) in [6.07, 6.45) is 0.594. The van der Waals surface area contributed by atoms with Gasteiger partial charge in [0.15, 0.2) is 0 Å². The van der Waals surface area contributed by atoms with Gasteiger partial charge in [0.2, 0.25) is 10.0 Å². The highest BCUT2D eigenvalue weighted by molar-refractivity contribution is 7.89. The van der Waals surface area contributed by atoms with Gasteiger partial charge in [-0.1, -0.05) is 12.1 Å². The number of hydrogen-bond acceptors (Lipinski definition) is 5. The van der Waals surface area contributed by atoms with E-state index in [2.05, 4.69) is 10.3 Å². The summed E-state index contributed by atoms with van der Waals surface area (Å²) in [5.41, 5.74) is 3.94. The van der Waals surface area contributed by atoms with Gasteiger partial charge >= 0.3 is 0 Å². The number of amides is 1. The van der Waals surface area contributed by atoms with Crippen molar-refractivity contribution in [3.63, 3.8) is 0 Å². The molecule has 0 unspecified atom stereocenters.